The highest BCUT2D eigenvalue weighted by molar-refractivity contribution is 9.11. The van der Waals surface area contributed by atoms with Gasteiger partial charge in [0, 0.05) is 23.0 Å². The van der Waals surface area contributed by atoms with E-state index in [1.165, 1.54) is 0 Å². The minimum atomic E-state index is -0.803. The number of nitrogen functional groups attached to an aromatic ring is 1. The first-order chi connectivity index (χ1) is 15.7. The third kappa shape index (κ3) is 8.17. The van der Waals surface area contributed by atoms with Gasteiger partial charge in [-0.2, -0.15) is 0 Å². The van der Waals surface area contributed by atoms with Crippen molar-refractivity contribution in [3.8, 4) is 0 Å². The second-order valence-electron chi connectivity index (χ2n) is 6.15. The molecular weight excluding hydrogens is 560 g/mol. The molecule has 33 heavy (non-hydrogen) atoms. The van der Waals surface area contributed by atoms with Crippen LogP contribution in [0.4, 0.5) is 11.4 Å². The minimum absolute atomic E-state index is 0.142. The number of nitrogens with one attached hydrogen (secondary N) is 1. The molecule has 0 radical (unpaired) electrons. The number of fused-ring (bicyclic) bond motifs is 1. The molecule has 2 aromatic carbocycles. The molecule has 0 aliphatic heterocycles. The van der Waals surface area contributed by atoms with E-state index in [4.69, 9.17) is 10.5 Å². The van der Waals surface area contributed by atoms with Gasteiger partial charge in [0.2, 0.25) is 12.1 Å². The number of aldehydes is 1. The molecule has 0 fully saturated rings. The van der Waals surface area contributed by atoms with Crippen molar-refractivity contribution in [2.75, 3.05) is 31.3 Å². The van der Waals surface area contributed by atoms with Crippen molar-refractivity contribution in [1.82, 2.24) is 9.55 Å². The molecule has 178 valence electrons. The number of nitrogens with two attached hydrogens (primary N) is 1. The van der Waals surface area contributed by atoms with E-state index in [0.717, 1.165) is 31.4 Å². The molecule has 0 aliphatic rings. The van der Waals surface area contributed by atoms with Crippen molar-refractivity contribution >= 4 is 72.5 Å². The molecule has 3 aromatic rings. The predicted molar refractivity (Wildman–Crippen MR) is 135 cm³/mol. The van der Waals surface area contributed by atoms with E-state index in [1.54, 1.807) is 25.5 Å². The zero-order valence-electron chi connectivity index (χ0n) is 18.7. The van der Waals surface area contributed by atoms with Crippen molar-refractivity contribution in [1.29, 1.82) is 0 Å². The number of anilines is 2. The molecule has 0 amide bonds. The molecule has 0 saturated carbocycles. The Morgan fingerprint density at radius 3 is 2.15 bits per heavy atom. The van der Waals surface area contributed by atoms with E-state index in [2.05, 4.69) is 46.9 Å². The summed E-state index contributed by atoms with van der Waals surface area (Å²) in [5, 5.41) is 2.99. The molecule has 3 rings (SSSR count). The molecule has 11 heteroatoms. The lowest BCUT2D eigenvalue weighted by Gasteiger charge is -2.05. The molecule has 1 heterocycles. The summed E-state index contributed by atoms with van der Waals surface area (Å²) in [4.78, 5) is 35.1. The van der Waals surface area contributed by atoms with E-state index < -0.39 is 11.9 Å². The number of halogens is 2. The Labute approximate surface area is 208 Å². The van der Waals surface area contributed by atoms with E-state index >= 15 is 0 Å². The average molecular weight is 586 g/mol. The highest BCUT2D eigenvalue weighted by Gasteiger charge is 2.17. The van der Waals surface area contributed by atoms with Crippen molar-refractivity contribution < 1.29 is 23.9 Å². The number of aryl methyl sites for hydroxylation is 1. The fourth-order valence-electron chi connectivity index (χ4n) is 2.58. The lowest BCUT2D eigenvalue weighted by atomic mass is 10.3. The maximum atomic E-state index is 11.6. The van der Waals surface area contributed by atoms with E-state index in [9.17, 15) is 14.4 Å². The summed E-state index contributed by atoms with van der Waals surface area (Å²) >= 11 is 6.80. The lowest BCUT2D eigenvalue weighted by Crippen LogP contribution is -2.11. The normalized spacial score (nSPS) is 9.64. The summed E-state index contributed by atoms with van der Waals surface area (Å²) in [6.07, 6.45) is 0.142. The average Bonchev–Trinajstić information content (AvgIpc) is 3.13. The number of esters is 2. The SMILES string of the molecule is CCOC(=O)C=O.CCOC(=O)c1nc2cccc(Br)c2n1C.CNc1c(N)cccc1Br. The highest BCUT2D eigenvalue weighted by Crippen LogP contribution is 2.27. The van der Waals surface area contributed by atoms with Gasteiger partial charge >= 0.3 is 11.9 Å². The van der Waals surface area contributed by atoms with Crippen LogP contribution in [-0.2, 0) is 26.1 Å². The van der Waals surface area contributed by atoms with Crippen molar-refractivity contribution in [3.05, 3.63) is 51.2 Å². The first-order valence-electron chi connectivity index (χ1n) is 9.83. The number of benzene rings is 2. The number of nitrogens with zero attached hydrogens (tertiary/aromatic N) is 2. The molecule has 0 saturated heterocycles. The van der Waals surface area contributed by atoms with E-state index in [1.807, 2.05) is 43.4 Å². The van der Waals surface area contributed by atoms with Gasteiger partial charge in [0.1, 0.15) is 0 Å². The Morgan fingerprint density at radius 2 is 1.70 bits per heavy atom. The molecule has 0 unspecified atom stereocenters. The van der Waals surface area contributed by atoms with Crippen LogP contribution in [0.25, 0.3) is 11.0 Å². The van der Waals surface area contributed by atoms with Gasteiger partial charge in [-0.05, 0) is 70.0 Å². The van der Waals surface area contributed by atoms with Crippen LogP contribution in [0.5, 0.6) is 0 Å². The Kier molecular flexibility index (Phi) is 12.2. The number of rotatable bonds is 5. The Balaban J connectivity index is 0.000000275. The van der Waals surface area contributed by atoms with Crippen LogP contribution in [0, 0.1) is 0 Å². The first-order valence-corrected chi connectivity index (χ1v) is 11.4. The molecule has 0 bridgehead atoms. The second kappa shape index (κ2) is 14.3. The van der Waals surface area contributed by atoms with Gasteiger partial charge in [0.15, 0.2) is 0 Å². The predicted octanol–water partition coefficient (Wildman–Crippen LogP) is 4.33. The number of hydrogen-bond donors (Lipinski definition) is 2. The number of hydrogen-bond acceptors (Lipinski definition) is 8. The summed E-state index contributed by atoms with van der Waals surface area (Å²) in [6.45, 7) is 4.03. The second-order valence-corrected chi connectivity index (χ2v) is 7.86. The molecule has 0 aliphatic carbocycles. The van der Waals surface area contributed by atoms with Gasteiger partial charge in [-0.15, -0.1) is 0 Å². The van der Waals surface area contributed by atoms with Crippen LogP contribution in [0.3, 0.4) is 0 Å². The monoisotopic (exact) mass is 584 g/mol. The smallest absolute Gasteiger partial charge is 0.374 e. The van der Waals surface area contributed by atoms with Gasteiger partial charge in [0.05, 0.1) is 35.6 Å². The lowest BCUT2D eigenvalue weighted by molar-refractivity contribution is -0.148. The zero-order chi connectivity index (χ0) is 25.0. The van der Waals surface area contributed by atoms with Gasteiger partial charge in [-0.3, -0.25) is 4.79 Å². The van der Waals surface area contributed by atoms with E-state index in [0.29, 0.717) is 12.4 Å². The fourth-order valence-corrected chi connectivity index (χ4v) is 3.78. The van der Waals surface area contributed by atoms with Crippen molar-refractivity contribution in [2.24, 2.45) is 7.05 Å². The van der Waals surface area contributed by atoms with Gasteiger partial charge in [-0.1, -0.05) is 12.1 Å². The Bertz CT molecular complexity index is 1080. The maximum Gasteiger partial charge on any atom is 0.374 e. The van der Waals surface area contributed by atoms with Crippen LogP contribution in [0.1, 0.15) is 24.5 Å². The van der Waals surface area contributed by atoms with Crippen molar-refractivity contribution in [3.63, 3.8) is 0 Å². The Hall–Kier alpha value is -2.92. The number of aromatic nitrogens is 2. The number of ether oxygens (including phenoxy) is 2. The maximum absolute atomic E-state index is 11.6. The van der Waals surface area contributed by atoms with E-state index in [-0.39, 0.29) is 12.9 Å². The van der Waals surface area contributed by atoms with Gasteiger partial charge < -0.3 is 25.1 Å². The van der Waals surface area contributed by atoms with Crippen LogP contribution in [0.2, 0.25) is 0 Å². The van der Waals surface area contributed by atoms with Gasteiger partial charge in [0.25, 0.3) is 0 Å². The minimum Gasteiger partial charge on any atom is -0.460 e. The van der Waals surface area contributed by atoms with Gasteiger partial charge in [-0.25, -0.2) is 14.6 Å². The summed E-state index contributed by atoms with van der Waals surface area (Å²) < 4.78 is 12.8. The summed E-state index contributed by atoms with van der Waals surface area (Å²) in [5.41, 5.74) is 9.02. The number of carbonyl (C=O) groups is 3. The topological polar surface area (TPSA) is 126 Å². The number of para-hydroxylation sites is 2. The molecule has 1 aromatic heterocycles. The molecule has 9 nitrogen and oxygen atoms in total. The molecule has 0 atom stereocenters. The number of imidazole rings is 1. The standard InChI is InChI=1S/C11H11BrN2O2.C7H9BrN2.C4H6O3/c1-3-16-11(15)10-13-8-6-4-5-7(12)9(8)14(10)2;1-10-7-5(8)3-2-4-6(7)9;1-2-7-4(6)3-5/h4-6H,3H2,1-2H3;2-4,10H,9H2,1H3;3H,2H2,1H3. The largest absolute Gasteiger partial charge is 0.460 e. The third-order valence-electron chi connectivity index (χ3n) is 3.98. The zero-order valence-corrected chi connectivity index (χ0v) is 21.9. The Morgan fingerprint density at radius 1 is 1.09 bits per heavy atom. The third-order valence-corrected chi connectivity index (χ3v) is 5.28. The highest BCUT2D eigenvalue weighted by atomic mass is 79.9. The quantitative estimate of drug-likeness (QED) is 0.196. The summed E-state index contributed by atoms with van der Waals surface area (Å²) in [5.74, 6) is -0.876. The number of carbonyl (C=O) groups excluding carboxylic acids is 3. The van der Waals surface area contributed by atoms with Crippen LogP contribution in [-0.4, -0.2) is 48.0 Å². The fraction of sp³-hybridized carbons (Fsp3) is 0.273. The first kappa shape index (κ1) is 28.1. The summed E-state index contributed by atoms with van der Waals surface area (Å²) in [7, 11) is 3.64. The van der Waals surface area contributed by atoms with Crippen LogP contribution in [0.15, 0.2) is 45.3 Å². The molecule has 3 N–H and O–H groups in total. The van der Waals surface area contributed by atoms with Crippen molar-refractivity contribution in [2.45, 2.75) is 13.8 Å². The molecular formula is C22H26Br2N4O5. The van der Waals surface area contributed by atoms with Crippen LogP contribution >= 0.6 is 31.9 Å². The summed E-state index contributed by atoms with van der Waals surface area (Å²) in [6, 6.07) is 11.4. The molecule has 0 spiro atoms. The van der Waals surface area contributed by atoms with Crippen LogP contribution < -0.4 is 11.1 Å².